The number of halogens is 2. The minimum absolute atomic E-state index is 0.170. The van der Waals surface area contributed by atoms with Crippen molar-refractivity contribution in [1.82, 2.24) is 9.97 Å². The first-order chi connectivity index (χ1) is 7.11. The zero-order valence-electron chi connectivity index (χ0n) is 8.10. The van der Waals surface area contributed by atoms with E-state index in [1.165, 1.54) is 0 Å². The molecule has 5 heteroatoms. The van der Waals surface area contributed by atoms with E-state index in [4.69, 9.17) is 0 Å². The maximum Gasteiger partial charge on any atom is 0.323 e. The highest BCUT2D eigenvalue weighted by Crippen LogP contribution is 2.33. The van der Waals surface area contributed by atoms with Crippen LogP contribution >= 0.6 is 31.9 Å². The molecule has 0 aliphatic heterocycles. The van der Waals surface area contributed by atoms with Crippen LogP contribution < -0.4 is 5.69 Å². The third-order valence-electron chi connectivity index (χ3n) is 2.33. The summed E-state index contributed by atoms with van der Waals surface area (Å²) in [6.07, 6.45) is 0.999. The predicted molar refractivity (Wildman–Crippen MR) is 68.6 cm³/mol. The molecule has 0 spiro atoms. The molecular formula is C10H10Br2N2O. The summed E-state index contributed by atoms with van der Waals surface area (Å²) in [4.78, 5) is 16.9. The van der Waals surface area contributed by atoms with E-state index >= 15 is 0 Å². The smallest absolute Gasteiger partial charge is 0.306 e. The van der Waals surface area contributed by atoms with E-state index in [2.05, 4.69) is 48.8 Å². The molecular weight excluding hydrogens is 324 g/mol. The van der Waals surface area contributed by atoms with E-state index in [-0.39, 0.29) is 5.69 Å². The predicted octanol–water partition coefficient (Wildman–Crippen LogP) is 3.46. The number of nitrogens with one attached hydrogen (secondary N) is 2. The molecule has 1 aromatic heterocycles. The maximum absolute atomic E-state index is 11.1. The standard InChI is InChI=1S/C10H10Br2N2O/c1-2-6(11)5-3-8-9(4-7(5)12)14-10(15)13-8/h3-4,6H,2H2,1H3,(H2,13,14,15). The molecule has 2 aromatic rings. The van der Waals surface area contributed by atoms with Gasteiger partial charge in [-0.15, -0.1) is 0 Å². The molecule has 0 aliphatic rings. The second-order valence-electron chi connectivity index (χ2n) is 3.37. The zero-order valence-corrected chi connectivity index (χ0v) is 11.3. The van der Waals surface area contributed by atoms with Gasteiger partial charge in [0.15, 0.2) is 0 Å². The minimum atomic E-state index is -0.170. The van der Waals surface area contributed by atoms with Crippen molar-refractivity contribution in [3.8, 4) is 0 Å². The SMILES string of the molecule is CCC(Br)c1cc2[nH]c(=O)[nH]c2cc1Br. The molecule has 0 fully saturated rings. The number of alkyl halides is 1. The van der Waals surface area contributed by atoms with Crippen LogP contribution in [0.25, 0.3) is 11.0 Å². The van der Waals surface area contributed by atoms with Crippen molar-refractivity contribution in [1.29, 1.82) is 0 Å². The lowest BCUT2D eigenvalue weighted by Gasteiger charge is -2.09. The summed E-state index contributed by atoms with van der Waals surface area (Å²) in [6.45, 7) is 2.11. The highest BCUT2D eigenvalue weighted by atomic mass is 79.9. The summed E-state index contributed by atoms with van der Waals surface area (Å²) in [5.74, 6) is 0. The largest absolute Gasteiger partial charge is 0.323 e. The number of hydrogen-bond donors (Lipinski definition) is 2. The monoisotopic (exact) mass is 332 g/mol. The molecule has 0 aliphatic carbocycles. The van der Waals surface area contributed by atoms with Crippen molar-refractivity contribution in [2.24, 2.45) is 0 Å². The Kier molecular flexibility index (Phi) is 3.02. The van der Waals surface area contributed by atoms with Gasteiger partial charge in [-0.25, -0.2) is 4.79 Å². The Morgan fingerprint density at radius 3 is 2.53 bits per heavy atom. The second-order valence-corrected chi connectivity index (χ2v) is 5.33. The third kappa shape index (κ3) is 2.03. The van der Waals surface area contributed by atoms with Gasteiger partial charge in [-0.1, -0.05) is 38.8 Å². The first-order valence-electron chi connectivity index (χ1n) is 4.67. The molecule has 3 nitrogen and oxygen atoms in total. The number of fused-ring (bicyclic) bond motifs is 1. The van der Waals surface area contributed by atoms with Crippen molar-refractivity contribution in [2.75, 3.05) is 0 Å². The molecule has 0 amide bonds. The van der Waals surface area contributed by atoms with E-state index in [9.17, 15) is 4.79 Å². The van der Waals surface area contributed by atoms with Gasteiger partial charge in [-0.2, -0.15) is 0 Å². The molecule has 0 radical (unpaired) electrons. The van der Waals surface area contributed by atoms with Crippen LogP contribution in [0.5, 0.6) is 0 Å². The van der Waals surface area contributed by atoms with Crippen molar-refractivity contribution in [3.05, 3.63) is 32.7 Å². The molecule has 2 N–H and O–H groups in total. The summed E-state index contributed by atoms with van der Waals surface area (Å²) in [5.41, 5.74) is 2.65. The van der Waals surface area contributed by atoms with Crippen molar-refractivity contribution in [3.63, 3.8) is 0 Å². The lowest BCUT2D eigenvalue weighted by molar-refractivity contribution is 0.908. The van der Waals surface area contributed by atoms with Crippen LogP contribution in [-0.2, 0) is 0 Å². The van der Waals surface area contributed by atoms with Crippen LogP contribution in [0.4, 0.5) is 0 Å². The van der Waals surface area contributed by atoms with Gasteiger partial charge >= 0.3 is 5.69 Å². The van der Waals surface area contributed by atoms with E-state index < -0.39 is 0 Å². The third-order valence-corrected chi connectivity index (χ3v) is 4.16. The van der Waals surface area contributed by atoms with E-state index in [0.29, 0.717) is 4.83 Å². The van der Waals surface area contributed by atoms with Gasteiger partial charge in [-0.3, -0.25) is 0 Å². The molecule has 1 atom stereocenters. The summed E-state index contributed by atoms with van der Waals surface area (Å²) in [7, 11) is 0. The van der Waals surface area contributed by atoms with Gasteiger partial charge in [-0.05, 0) is 24.1 Å². The zero-order chi connectivity index (χ0) is 11.0. The van der Waals surface area contributed by atoms with Crippen LogP contribution in [0.2, 0.25) is 0 Å². The number of rotatable bonds is 2. The molecule has 15 heavy (non-hydrogen) atoms. The maximum atomic E-state index is 11.1. The molecule has 0 saturated carbocycles. The fraction of sp³-hybridized carbons (Fsp3) is 0.300. The van der Waals surface area contributed by atoms with Gasteiger partial charge in [0.1, 0.15) is 0 Å². The Hall–Kier alpha value is -0.550. The number of H-pyrrole nitrogens is 2. The Balaban J connectivity index is 2.66. The second kappa shape index (κ2) is 4.14. The van der Waals surface area contributed by atoms with Crippen LogP contribution in [-0.4, -0.2) is 9.97 Å². The molecule has 2 rings (SSSR count). The Morgan fingerprint density at radius 1 is 1.33 bits per heavy atom. The van der Waals surface area contributed by atoms with Crippen LogP contribution in [0.1, 0.15) is 23.7 Å². The average Bonchev–Trinajstić information content (AvgIpc) is 2.55. The lowest BCUT2D eigenvalue weighted by atomic mass is 10.1. The fourth-order valence-corrected chi connectivity index (χ4v) is 2.84. The van der Waals surface area contributed by atoms with Gasteiger partial charge in [0.05, 0.1) is 11.0 Å². The van der Waals surface area contributed by atoms with Crippen LogP contribution in [0.3, 0.4) is 0 Å². The van der Waals surface area contributed by atoms with Crippen molar-refractivity contribution < 1.29 is 0 Å². The first kappa shape index (κ1) is 11.0. The van der Waals surface area contributed by atoms with E-state index in [0.717, 1.165) is 27.5 Å². The summed E-state index contributed by atoms with van der Waals surface area (Å²) >= 11 is 7.10. The van der Waals surface area contributed by atoms with Crippen LogP contribution in [0.15, 0.2) is 21.4 Å². The average molecular weight is 334 g/mol. The number of benzene rings is 1. The van der Waals surface area contributed by atoms with Crippen molar-refractivity contribution in [2.45, 2.75) is 18.2 Å². The van der Waals surface area contributed by atoms with E-state index in [1.807, 2.05) is 12.1 Å². The highest BCUT2D eigenvalue weighted by molar-refractivity contribution is 9.11. The number of hydrogen-bond acceptors (Lipinski definition) is 1. The number of aromatic amines is 2. The highest BCUT2D eigenvalue weighted by Gasteiger charge is 2.11. The Labute approximate surface area is 104 Å². The molecule has 1 heterocycles. The Morgan fingerprint density at radius 2 is 1.93 bits per heavy atom. The minimum Gasteiger partial charge on any atom is -0.306 e. The first-order valence-corrected chi connectivity index (χ1v) is 6.38. The Bertz CT molecular complexity index is 544. The molecule has 80 valence electrons. The van der Waals surface area contributed by atoms with Gasteiger partial charge in [0, 0.05) is 9.30 Å². The lowest BCUT2D eigenvalue weighted by Crippen LogP contribution is -1.99. The molecule has 1 unspecified atom stereocenters. The topological polar surface area (TPSA) is 48.6 Å². The van der Waals surface area contributed by atoms with Gasteiger partial charge in [0.2, 0.25) is 0 Å². The van der Waals surface area contributed by atoms with Crippen LogP contribution in [0, 0.1) is 0 Å². The molecule has 1 aromatic carbocycles. The summed E-state index contributed by atoms with van der Waals surface area (Å²) in [5, 5.41) is 0. The van der Waals surface area contributed by atoms with Gasteiger partial charge in [0.25, 0.3) is 0 Å². The quantitative estimate of drug-likeness (QED) is 0.812. The molecule has 0 bridgehead atoms. The fourth-order valence-electron chi connectivity index (χ4n) is 1.53. The summed E-state index contributed by atoms with van der Waals surface area (Å²) in [6, 6.07) is 3.91. The normalized spacial score (nSPS) is 13.3. The van der Waals surface area contributed by atoms with E-state index in [1.54, 1.807) is 0 Å². The molecule has 0 saturated heterocycles. The number of aromatic nitrogens is 2. The number of imidazole rings is 1. The van der Waals surface area contributed by atoms with Gasteiger partial charge < -0.3 is 9.97 Å². The summed E-state index contributed by atoms with van der Waals surface area (Å²) < 4.78 is 1.01. The van der Waals surface area contributed by atoms with Crippen molar-refractivity contribution >= 4 is 42.9 Å².